The van der Waals surface area contributed by atoms with Crippen molar-refractivity contribution in [2.75, 3.05) is 13.1 Å². The van der Waals surface area contributed by atoms with Crippen LogP contribution in [0.5, 0.6) is 0 Å². The average molecular weight is 298 g/mol. The van der Waals surface area contributed by atoms with Crippen molar-refractivity contribution in [1.82, 2.24) is 4.31 Å². The van der Waals surface area contributed by atoms with Crippen molar-refractivity contribution >= 4 is 10.0 Å². The Balaban J connectivity index is 1.81. The highest BCUT2D eigenvalue weighted by Crippen LogP contribution is 2.37. The fourth-order valence-electron chi connectivity index (χ4n) is 3.38. The third kappa shape index (κ3) is 2.47. The van der Waals surface area contributed by atoms with E-state index in [-0.39, 0.29) is 10.9 Å². The maximum absolute atomic E-state index is 12.9. The summed E-state index contributed by atoms with van der Waals surface area (Å²) in [5, 5.41) is 0. The standard InChI is InChI=1S/C14H19FN2O2S/c15-12-2-5-14(6-3-12)20(18,19)17-8-10-1-4-13(16)7-11(10)9-17/h2-3,5-6,10-11,13H,1,4,7-9,16H2/t10-,11+,13?/m1/s1. The van der Waals surface area contributed by atoms with E-state index >= 15 is 0 Å². The highest BCUT2D eigenvalue weighted by atomic mass is 32.2. The fraction of sp³-hybridized carbons (Fsp3) is 0.571. The molecular formula is C14H19FN2O2S. The lowest BCUT2D eigenvalue weighted by Gasteiger charge is -2.28. The molecule has 6 heteroatoms. The Morgan fingerprint density at radius 1 is 1.10 bits per heavy atom. The second-order valence-corrected chi connectivity index (χ2v) is 7.81. The van der Waals surface area contributed by atoms with Crippen LogP contribution in [0.2, 0.25) is 0 Å². The lowest BCUT2D eigenvalue weighted by molar-refractivity contribution is 0.271. The van der Waals surface area contributed by atoms with Crippen LogP contribution in [0.1, 0.15) is 19.3 Å². The van der Waals surface area contributed by atoms with Gasteiger partial charge in [0.2, 0.25) is 10.0 Å². The van der Waals surface area contributed by atoms with Gasteiger partial charge in [0.1, 0.15) is 5.82 Å². The molecular weight excluding hydrogens is 279 g/mol. The van der Waals surface area contributed by atoms with Crippen LogP contribution in [0.25, 0.3) is 0 Å². The SMILES string of the molecule is NC1CC[C@@H]2CN(S(=O)(=O)c3ccc(F)cc3)C[C@@H]2C1. The molecule has 1 saturated carbocycles. The highest BCUT2D eigenvalue weighted by molar-refractivity contribution is 7.89. The number of nitrogens with zero attached hydrogens (tertiary/aromatic N) is 1. The predicted octanol–water partition coefficient (Wildman–Crippen LogP) is 1.57. The van der Waals surface area contributed by atoms with Crippen molar-refractivity contribution in [3.63, 3.8) is 0 Å². The molecule has 1 saturated heterocycles. The van der Waals surface area contributed by atoms with Gasteiger partial charge in [-0.15, -0.1) is 0 Å². The number of halogens is 1. The number of rotatable bonds is 2. The molecule has 0 amide bonds. The second kappa shape index (κ2) is 5.09. The van der Waals surface area contributed by atoms with Gasteiger partial charge in [-0.3, -0.25) is 0 Å². The molecule has 20 heavy (non-hydrogen) atoms. The fourth-order valence-corrected chi connectivity index (χ4v) is 4.93. The number of sulfonamides is 1. The van der Waals surface area contributed by atoms with Gasteiger partial charge in [-0.2, -0.15) is 4.31 Å². The van der Waals surface area contributed by atoms with E-state index in [2.05, 4.69) is 0 Å². The molecule has 1 heterocycles. The molecule has 110 valence electrons. The summed E-state index contributed by atoms with van der Waals surface area (Å²) in [6.07, 6.45) is 2.88. The van der Waals surface area contributed by atoms with Crippen molar-refractivity contribution in [3.8, 4) is 0 Å². The monoisotopic (exact) mass is 298 g/mol. The third-order valence-electron chi connectivity index (χ3n) is 4.51. The van der Waals surface area contributed by atoms with Gasteiger partial charge in [0.15, 0.2) is 0 Å². The van der Waals surface area contributed by atoms with Gasteiger partial charge in [0, 0.05) is 19.1 Å². The minimum absolute atomic E-state index is 0.168. The molecule has 2 aliphatic rings. The van der Waals surface area contributed by atoms with Crippen molar-refractivity contribution < 1.29 is 12.8 Å². The second-order valence-electron chi connectivity index (χ2n) is 5.87. The molecule has 4 nitrogen and oxygen atoms in total. The van der Waals surface area contributed by atoms with E-state index in [0.29, 0.717) is 24.9 Å². The maximum atomic E-state index is 12.9. The molecule has 1 aliphatic carbocycles. The summed E-state index contributed by atoms with van der Waals surface area (Å²) in [5.41, 5.74) is 5.96. The van der Waals surface area contributed by atoms with Crippen LogP contribution in [0.4, 0.5) is 4.39 Å². The summed E-state index contributed by atoms with van der Waals surface area (Å²) in [6, 6.07) is 5.24. The van der Waals surface area contributed by atoms with Gasteiger partial charge in [-0.25, -0.2) is 12.8 Å². The Bertz CT molecular complexity index is 588. The van der Waals surface area contributed by atoms with E-state index in [1.54, 1.807) is 0 Å². The summed E-state index contributed by atoms with van der Waals surface area (Å²) in [4.78, 5) is 0.168. The van der Waals surface area contributed by atoms with Crippen molar-refractivity contribution in [2.45, 2.75) is 30.2 Å². The smallest absolute Gasteiger partial charge is 0.243 e. The number of nitrogens with two attached hydrogens (primary N) is 1. The largest absolute Gasteiger partial charge is 0.328 e. The van der Waals surface area contributed by atoms with Crippen LogP contribution >= 0.6 is 0 Å². The quantitative estimate of drug-likeness (QED) is 0.901. The zero-order valence-corrected chi connectivity index (χ0v) is 12.0. The van der Waals surface area contributed by atoms with Gasteiger partial charge in [0.25, 0.3) is 0 Å². The molecule has 2 N–H and O–H groups in total. The topological polar surface area (TPSA) is 63.4 Å². The predicted molar refractivity (Wildman–Crippen MR) is 74.0 cm³/mol. The van der Waals surface area contributed by atoms with Crippen LogP contribution in [0.3, 0.4) is 0 Å². The minimum Gasteiger partial charge on any atom is -0.328 e. The Hall–Kier alpha value is -0.980. The van der Waals surface area contributed by atoms with Gasteiger partial charge >= 0.3 is 0 Å². The average Bonchev–Trinajstić information content (AvgIpc) is 2.83. The van der Waals surface area contributed by atoms with Crippen LogP contribution in [0, 0.1) is 17.7 Å². The van der Waals surface area contributed by atoms with Crippen molar-refractivity contribution in [1.29, 1.82) is 0 Å². The first-order valence-corrected chi connectivity index (χ1v) is 8.42. The maximum Gasteiger partial charge on any atom is 0.243 e. The van der Waals surface area contributed by atoms with Crippen LogP contribution < -0.4 is 5.73 Å². The number of hydrogen-bond acceptors (Lipinski definition) is 3. The molecule has 0 bridgehead atoms. The Morgan fingerprint density at radius 3 is 2.45 bits per heavy atom. The van der Waals surface area contributed by atoms with E-state index in [9.17, 15) is 12.8 Å². The van der Waals surface area contributed by atoms with E-state index in [0.717, 1.165) is 19.3 Å². The van der Waals surface area contributed by atoms with Gasteiger partial charge < -0.3 is 5.73 Å². The van der Waals surface area contributed by atoms with Crippen LogP contribution in [0.15, 0.2) is 29.2 Å². The van der Waals surface area contributed by atoms with Crippen molar-refractivity contribution in [3.05, 3.63) is 30.1 Å². The first-order valence-electron chi connectivity index (χ1n) is 6.98. The van der Waals surface area contributed by atoms with Crippen LogP contribution in [-0.2, 0) is 10.0 Å². The molecule has 1 aliphatic heterocycles. The third-order valence-corrected chi connectivity index (χ3v) is 6.35. The summed E-state index contributed by atoms with van der Waals surface area (Å²) >= 11 is 0. The van der Waals surface area contributed by atoms with E-state index in [4.69, 9.17) is 5.73 Å². The van der Waals surface area contributed by atoms with Crippen molar-refractivity contribution in [2.24, 2.45) is 17.6 Å². The number of hydrogen-bond donors (Lipinski definition) is 1. The molecule has 3 atom stereocenters. The molecule has 0 spiro atoms. The first kappa shape index (κ1) is 14.0. The lowest BCUT2D eigenvalue weighted by atomic mass is 9.79. The molecule has 2 fully saturated rings. The van der Waals surface area contributed by atoms with Gasteiger partial charge in [-0.05, 0) is 55.4 Å². The summed E-state index contributed by atoms with van der Waals surface area (Å²) in [5.74, 6) is 0.365. The number of fused-ring (bicyclic) bond motifs is 1. The molecule has 3 rings (SSSR count). The Labute approximate surface area is 118 Å². The number of benzene rings is 1. The van der Waals surface area contributed by atoms with E-state index in [1.165, 1.54) is 28.6 Å². The Kier molecular flexibility index (Phi) is 3.56. The van der Waals surface area contributed by atoms with Gasteiger partial charge in [-0.1, -0.05) is 0 Å². The summed E-state index contributed by atoms with van der Waals surface area (Å²) in [6.45, 7) is 1.11. The minimum atomic E-state index is -3.51. The highest BCUT2D eigenvalue weighted by Gasteiger charge is 2.41. The molecule has 1 aromatic rings. The lowest BCUT2D eigenvalue weighted by Crippen LogP contribution is -2.32. The first-order chi connectivity index (χ1) is 9.46. The van der Waals surface area contributed by atoms with Gasteiger partial charge in [0.05, 0.1) is 4.90 Å². The molecule has 1 aromatic carbocycles. The van der Waals surface area contributed by atoms with E-state index < -0.39 is 15.8 Å². The molecule has 0 aromatic heterocycles. The molecule has 0 radical (unpaired) electrons. The Morgan fingerprint density at radius 2 is 1.75 bits per heavy atom. The van der Waals surface area contributed by atoms with Crippen LogP contribution in [-0.4, -0.2) is 31.9 Å². The summed E-state index contributed by atoms with van der Waals surface area (Å²) < 4.78 is 39.5. The zero-order valence-electron chi connectivity index (χ0n) is 11.2. The summed E-state index contributed by atoms with van der Waals surface area (Å²) in [7, 11) is -3.51. The normalized spacial score (nSPS) is 31.2. The molecule has 1 unspecified atom stereocenters. The van der Waals surface area contributed by atoms with E-state index in [1.807, 2.05) is 0 Å². The zero-order chi connectivity index (χ0) is 14.3.